The maximum atomic E-state index is 13.5. The van der Waals surface area contributed by atoms with Crippen molar-refractivity contribution in [3.63, 3.8) is 0 Å². The van der Waals surface area contributed by atoms with Gasteiger partial charge in [0, 0.05) is 25.1 Å². The third kappa shape index (κ3) is 3.68. The Morgan fingerprint density at radius 3 is 2.77 bits per heavy atom. The summed E-state index contributed by atoms with van der Waals surface area (Å²) in [5, 5.41) is 13.9. The summed E-state index contributed by atoms with van der Waals surface area (Å²) < 4.78 is 13.5. The van der Waals surface area contributed by atoms with Crippen LogP contribution in [0.1, 0.15) is 39.0 Å². The molecular weight excluding hydrogens is 341 g/mol. The minimum atomic E-state index is -0.953. The standard InChI is InChI=1S/C18H22FN3O4/c1-11-4-2-3-5-15(11)20-18(24)12-8-17(23)21(10-12)13-6-7-14(19)16(9-13)22(25)26/h6-7,9,11-12,15H,2-5,8,10H2,1H3,(H,20,24). The van der Waals surface area contributed by atoms with Crippen molar-refractivity contribution in [3.8, 4) is 0 Å². The smallest absolute Gasteiger partial charge is 0.306 e. The average molecular weight is 363 g/mol. The van der Waals surface area contributed by atoms with Crippen LogP contribution in [0.2, 0.25) is 0 Å². The molecule has 1 saturated carbocycles. The van der Waals surface area contributed by atoms with Gasteiger partial charge in [0.15, 0.2) is 0 Å². The highest BCUT2D eigenvalue weighted by Gasteiger charge is 2.37. The molecule has 26 heavy (non-hydrogen) atoms. The maximum absolute atomic E-state index is 13.5. The Balaban J connectivity index is 1.69. The lowest BCUT2D eigenvalue weighted by atomic mass is 9.85. The molecule has 8 heteroatoms. The SMILES string of the molecule is CC1CCCCC1NC(=O)C1CC(=O)N(c2ccc(F)c([N+](=O)[O-])c2)C1. The van der Waals surface area contributed by atoms with Crippen molar-refractivity contribution in [1.82, 2.24) is 5.32 Å². The third-order valence-electron chi connectivity index (χ3n) is 5.37. The van der Waals surface area contributed by atoms with Crippen LogP contribution in [-0.2, 0) is 9.59 Å². The average Bonchev–Trinajstić information content (AvgIpc) is 2.99. The molecule has 1 aromatic rings. The number of hydrogen-bond donors (Lipinski definition) is 1. The van der Waals surface area contributed by atoms with Crippen LogP contribution in [0.5, 0.6) is 0 Å². The molecule has 0 spiro atoms. The Bertz CT molecular complexity index is 739. The summed E-state index contributed by atoms with van der Waals surface area (Å²) in [5.74, 6) is -1.48. The first-order valence-corrected chi connectivity index (χ1v) is 8.91. The Kier molecular flexibility index (Phi) is 5.20. The van der Waals surface area contributed by atoms with Gasteiger partial charge < -0.3 is 10.2 Å². The van der Waals surface area contributed by atoms with Crippen LogP contribution in [0, 0.1) is 27.8 Å². The normalized spacial score (nSPS) is 26.0. The number of benzene rings is 1. The number of halogens is 1. The predicted molar refractivity (Wildman–Crippen MR) is 93.1 cm³/mol. The largest absolute Gasteiger partial charge is 0.353 e. The fourth-order valence-electron chi connectivity index (χ4n) is 3.77. The van der Waals surface area contributed by atoms with E-state index in [1.54, 1.807) is 0 Å². The van der Waals surface area contributed by atoms with Gasteiger partial charge in [-0.15, -0.1) is 0 Å². The highest BCUT2D eigenvalue weighted by atomic mass is 19.1. The van der Waals surface area contributed by atoms with Crippen LogP contribution in [-0.4, -0.2) is 29.3 Å². The van der Waals surface area contributed by atoms with Gasteiger partial charge in [-0.2, -0.15) is 4.39 Å². The Morgan fingerprint density at radius 1 is 1.35 bits per heavy atom. The zero-order valence-electron chi connectivity index (χ0n) is 14.6. The monoisotopic (exact) mass is 363 g/mol. The van der Waals surface area contributed by atoms with Crippen LogP contribution < -0.4 is 10.2 Å². The van der Waals surface area contributed by atoms with Crippen molar-refractivity contribution >= 4 is 23.2 Å². The maximum Gasteiger partial charge on any atom is 0.306 e. The molecule has 1 aliphatic heterocycles. The van der Waals surface area contributed by atoms with Crippen molar-refractivity contribution < 1.29 is 18.9 Å². The molecule has 2 amide bonds. The van der Waals surface area contributed by atoms with E-state index in [0.29, 0.717) is 5.92 Å². The molecule has 2 aliphatic rings. The molecule has 140 valence electrons. The molecule has 2 fully saturated rings. The zero-order valence-corrected chi connectivity index (χ0v) is 14.6. The van der Waals surface area contributed by atoms with Gasteiger partial charge in [0.25, 0.3) is 0 Å². The lowest BCUT2D eigenvalue weighted by Crippen LogP contribution is -2.44. The van der Waals surface area contributed by atoms with Crippen LogP contribution in [0.3, 0.4) is 0 Å². The molecule has 0 radical (unpaired) electrons. The molecule has 1 heterocycles. The number of carbonyl (C=O) groups excluding carboxylic acids is 2. The van der Waals surface area contributed by atoms with Gasteiger partial charge in [0.1, 0.15) is 0 Å². The second kappa shape index (κ2) is 7.39. The van der Waals surface area contributed by atoms with E-state index in [-0.39, 0.29) is 36.5 Å². The minimum Gasteiger partial charge on any atom is -0.353 e. The van der Waals surface area contributed by atoms with Gasteiger partial charge in [-0.3, -0.25) is 19.7 Å². The van der Waals surface area contributed by atoms with Crippen molar-refractivity contribution in [2.75, 3.05) is 11.4 Å². The van der Waals surface area contributed by atoms with Crippen molar-refractivity contribution in [2.24, 2.45) is 11.8 Å². The number of carbonyl (C=O) groups is 2. The quantitative estimate of drug-likeness (QED) is 0.658. The number of nitro benzene ring substituents is 1. The first-order chi connectivity index (χ1) is 12.4. The summed E-state index contributed by atoms with van der Waals surface area (Å²) in [4.78, 5) is 36.2. The van der Waals surface area contributed by atoms with Crippen LogP contribution in [0.15, 0.2) is 18.2 Å². The molecule has 3 unspecified atom stereocenters. The van der Waals surface area contributed by atoms with Gasteiger partial charge in [0.2, 0.25) is 17.6 Å². The zero-order chi connectivity index (χ0) is 18.8. The molecule has 3 rings (SSSR count). The van der Waals surface area contributed by atoms with Crippen molar-refractivity contribution in [2.45, 2.75) is 45.1 Å². The van der Waals surface area contributed by atoms with Gasteiger partial charge in [-0.25, -0.2) is 0 Å². The molecule has 1 N–H and O–H groups in total. The minimum absolute atomic E-state index is 0.0537. The van der Waals surface area contributed by atoms with Crippen LogP contribution in [0.25, 0.3) is 0 Å². The first-order valence-electron chi connectivity index (χ1n) is 8.91. The summed E-state index contributed by atoms with van der Waals surface area (Å²) in [6, 6.07) is 3.46. The Morgan fingerprint density at radius 2 is 2.08 bits per heavy atom. The van der Waals surface area contributed by atoms with Gasteiger partial charge in [-0.05, 0) is 30.9 Å². The second-order valence-electron chi connectivity index (χ2n) is 7.18. The summed E-state index contributed by atoms with van der Waals surface area (Å²) in [6.07, 6.45) is 4.34. The van der Waals surface area contributed by atoms with Crippen molar-refractivity contribution in [1.29, 1.82) is 0 Å². The van der Waals surface area contributed by atoms with E-state index in [1.807, 2.05) is 0 Å². The van der Waals surface area contributed by atoms with Gasteiger partial charge >= 0.3 is 5.69 Å². The summed E-state index contributed by atoms with van der Waals surface area (Å²) in [5.41, 5.74) is -0.441. The van der Waals surface area contributed by atoms with E-state index in [9.17, 15) is 24.1 Å². The number of anilines is 1. The summed E-state index contributed by atoms with van der Waals surface area (Å²) in [7, 11) is 0. The molecule has 1 saturated heterocycles. The highest BCUT2D eigenvalue weighted by Crippen LogP contribution is 2.30. The van der Waals surface area contributed by atoms with E-state index >= 15 is 0 Å². The topological polar surface area (TPSA) is 92.6 Å². The third-order valence-corrected chi connectivity index (χ3v) is 5.37. The van der Waals surface area contributed by atoms with E-state index in [4.69, 9.17) is 0 Å². The first kappa shape index (κ1) is 18.3. The Labute approximate surface area is 150 Å². The van der Waals surface area contributed by atoms with Gasteiger partial charge in [-0.1, -0.05) is 19.8 Å². The number of hydrogen-bond acceptors (Lipinski definition) is 4. The van der Waals surface area contributed by atoms with E-state index in [2.05, 4.69) is 12.2 Å². The van der Waals surface area contributed by atoms with Crippen LogP contribution >= 0.6 is 0 Å². The number of nitro groups is 1. The fourth-order valence-corrected chi connectivity index (χ4v) is 3.77. The van der Waals surface area contributed by atoms with E-state index in [1.165, 1.54) is 17.4 Å². The number of rotatable bonds is 4. The molecule has 0 bridgehead atoms. The summed E-state index contributed by atoms with van der Waals surface area (Å²) in [6.45, 7) is 2.27. The van der Waals surface area contributed by atoms with E-state index < -0.39 is 22.3 Å². The lowest BCUT2D eigenvalue weighted by molar-refractivity contribution is -0.387. The van der Waals surface area contributed by atoms with Crippen LogP contribution in [0.4, 0.5) is 15.8 Å². The molecule has 3 atom stereocenters. The second-order valence-corrected chi connectivity index (χ2v) is 7.18. The number of nitrogens with one attached hydrogen (secondary N) is 1. The molecule has 1 aliphatic carbocycles. The van der Waals surface area contributed by atoms with Gasteiger partial charge in [0.05, 0.1) is 16.5 Å². The number of nitrogens with zero attached hydrogens (tertiary/aromatic N) is 2. The van der Waals surface area contributed by atoms with E-state index in [0.717, 1.165) is 31.4 Å². The summed E-state index contributed by atoms with van der Waals surface area (Å²) >= 11 is 0. The molecule has 0 aromatic heterocycles. The lowest BCUT2D eigenvalue weighted by Gasteiger charge is -2.30. The molecule has 1 aromatic carbocycles. The van der Waals surface area contributed by atoms with Crippen molar-refractivity contribution in [3.05, 3.63) is 34.1 Å². The molecule has 7 nitrogen and oxygen atoms in total. The fraction of sp³-hybridized carbons (Fsp3) is 0.556. The predicted octanol–water partition coefficient (Wildman–Crippen LogP) is 2.78. The Hall–Kier alpha value is -2.51. The number of amides is 2. The molecular formula is C18H22FN3O4. The highest BCUT2D eigenvalue weighted by molar-refractivity contribution is 6.00.